The predicted molar refractivity (Wildman–Crippen MR) is 107 cm³/mol. The van der Waals surface area contributed by atoms with Crippen molar-refractivity contribution in [3.8, 4) is 5.75 Å². The third-order valence-corrected chi connectivity index (χ3v) is 4.98. The van der Waals surface area contributed by atoms with Gasteiger partial charge in [0.15, 0.2) is 0 Å². The van der Waals surface area contributed by atoms with E-state index in [1.807, 2.05) is 4.90 Å². The van der Waals surface area contributed by atoms with Crippen LogP contribution in [0.25, 0.3) is 0 Å². The van der Waals surface area contributed by atoms with Crippen LogP contribution in [0.15, 0.2) is 42.5 Å². The number of methoxy groups -OCH3 is 1. The molecule has 6 heteroatoms. The smallest absolute Gasteiger partial charge is 0.255 e. The van der Waals surface area contributed by atoms with Gasteiger partial charge in [-0.25, -0.2) is 0 Å². The number of carbonyl (C=O) groups excluding carboxylic acids is 2. The summed E-state index contributed by atoms with van der Waals surface area (Å²) in [4.78, 5) is 27.0. The van der Waals surface area contributed by atoms with E-state index in [0.29, 0.717) is 33.5 Å². The van der Waals surface area contributed by atoms with Gasteiger partial charge in [-0.05, 0) is 61.2 Å². The molecule has 0 bridgehead atoms. The Morgan fingerprint density at radius 3 is 2.52 bits per heavy atom. The molecule has 1 saturated heterocycles. The average molecular weight is 387 g/mol. The first kappa shape index (κ1) is 19.2. The largest absolute Gasteiger partial charge is 0.495 e. The first-order valence-electron chi connectivity index (χ1n) is 9.02. The van der Waals surface area contributed by atoms with Crippen LogP contribution in [-0.2, 0) is 0 Å². The third kappa shape index (κ3) is 4.61. The van der Waals surface area contributed by atoms with E-state index in [1.54, 1.807) is 42.5 Å². The minimum atomic E-state index is -0.291. The Bertz CT molecular complexity index is 836. The number of hydrogen-bond acceptors (Lipinski definition) is 3. The van der Waals surface area contributed by atoms with E-state index in [9.17, 15) is 9.59 Å². The molecule has 2 aromatic carbocycles. The number of ether oxygens (including phenoxy) is 1. The lowest BCUT2D eigenvalue weighted by Crippen LogP contribution is -2.39. The van der Waals surface area contributed by atoms with Gasteiger partial charge in [0.05, 0.1) is 12.8 Å². The highest BCUT2D eigenvalue weighted by Gasteiger charge is 2.22. The van der Waals surface area contributed by atoms with E-state index >= 15 is 0 Å². The molecule has 0 aromatic heterocycles. The second-order valence-electron chi connectivity index (χ2n) is 6.87. The number of nitrogens with one attached hydrogen (secondary N) is 1. The first-order chi connectivity index (χ1) is 13.0. The second kappa shape index (κ2) is 8.44. The molecule has 142 valence electrons. The van der Waals surface area contributed by atoms with Crippen LogP contribution in [0.4, 0.5) is 5.69 Å². The van der Waals surface area contributed by atoms with Crippen LogP contribution < -0.4 is 10.1 Å². The maximum atomic E-state index is 12.6. The molecule has 5 nitrogen and oxygen atoms in total. The fourth-order valence-corrected chi connectivity index (χ4v) is 3.47. The topological polar surface area (TPSA) is 58.6 Å². The molecule has 1 aliphatic heterocycles. The van der Waals surface area contributed by atoms with Gasteiger partial charge in [-0.3, -0.25) is 9.59 Å². The Labute approximate surface area is 164 Å². The fraction of sp³-hybridized carbons (Fsp3) is 0.333. The summed E-state index contributed by atoms with van der Waals surface area (Å²) in [6, 6.07) is 11.7. The van der Waals surface area contributed by atoms with Gasteiger partial charge in [-0.2, -0.15) is 0 Å². The molecule has 27 heavy (non-hydrogen) atoms. The molecule has 1 atom stereocenters. The summed E-state index contributed by atoms with van der Waals surface area (Å²) in [6.45, 7) is 3.74. The minimum absolute atomic E-state index is 0.0185. The van der Waals surface area contributed by atoms with E-state index in [4.69, 9.17) is 16.3 Å². The number of nitrogens with zero attached hydrogens (tertiary/aromatic N) is 1. The van der Waals surface area contributed by atoms with Crippen molar-refractivity contribution >= 4 is 29.1 Å². The highest BCUT2D eigenvalue weighted by molar-refractivity contribution is 6.31. The van der Waals surface area contributed by atoms with Crippen LogP contribution >= 0.6 is 11.6 Å². The summed E-state index contributed by atoms with van der Waals surface area (Å²) in [5.41, 5.74) is 1.55. The van der Waals surface area contributed by atoms with Crippen LogP contribution in [0.5, 0.6) is 5.75 Å². The van der Waals surface area contributed by atoms with Gasteiger partial charge in [0.1, 0.15) is 5.75 Å². The molecular formula is C21H23ClN2O3. The number of amides is 2. The van der Waals surface area contributed by atoms with E-state index in [-0.39, 0.29) is 11.8 Å². The molecule has 1 fully saturated rings. The van der Waals surface area contributed by atoms with Crippen LogP contribution in [0.2, 0.25) is 5.02 Å². The number of benzene rings is 2. The predicted octanol–water partition coefficient (Wildman–Crippen LogP) is 4.47. The normalized spacial score (nSPS) is 16.7. The van der Waals surface area contributed by atoms with Gasteiger partial charge in [-0.1, -0.05) is 18.5 Å². The average Bonchev–Trinajstić information content (AvgIpc) is 2.67. The number of halogens is 1. The highest BCUT2D eigenvalue weighted by atomic mass is 35.5. The van der Waals surface area contributed by atoms with Gasteiger partial charge in [0.25, 0.3) is 11.8 Å². The van der Waals surface area contributed by atoms with Crippen LogP contribution in [0.3, 0.4) is 0 Å². The lowest BCUT2D eigenvalue weighted by atomic mass is 9.99. The van der Waals surface area contributed by atoms with Crippen molar-refractivity contribution in [2.45, 2.75) is 19.8 Å². The van der Waals surface area contributed by atoms with Crippen LogP contribution in [0, 0.1) is 5.92 Å². The van der Waals surface area contributed by atoms with Crippen molar-refractivity contribution in [2.24, 2.45) is 5.92 Å². The summed E-state index contributed by atoms with van der Waals surface area (Å²) in [6.07, 6.45) is 2.20. The number of anilines is 1. The van der Waals surface area contributed by atoms with Crippen LogP contribution in [0.1, 0.15) is 40.5 Å². The summed E-state index contributed by atoms with van der Waals surface area (Å²) in [7, 11) is 1.53. The van der Waals surface area contributed by atoms with E-state index < -0.39 is 0 Å². The third-order valence-electron chi connectivity index (χ3n) is 4.75. The number of carbonyl (C=O) groups is 2. The van der Waals surface area contributed by atoms with Crippen molar-refractivity contribution in [3.05, 3.63) is 58.6 Å². The van der Waals surface area contributed by atoms with Crippen molar-refractivity contribution in [2.75, 3.05) is 25.5 Å². The molecular weight excluding hydrogens is 364 g/mol. The summed E-state index contributed by atoms with van der Waals surface area (Å²) in [5, 5.41) is 3.30. The van der Waals surface area contributed by atoms with Gasteiger partial charge < -0.3 is 15.0 Å². The zero-order valence-corrected chi connectivity index (χ0v) is 16.3. The highest BCUT2D eigenvalue weighted by Crippen LogP contribution is 2.28. The lowest BCUT2D eigenvalue weighted by molar-refractivity contribution is 0.0682. The molecule has 1 N–H and O–H groups in total. The molecule has 0 aliphatic carbocycles. The zero-order chi connectivity index (χ0) is 19.4. The standard InChI is InChI=1S/C21H23ClN2O3/c1-14-4-3-11-24(13-14)21(26)16-7-5-15(6-8-16)20(25)23-18-12-17(22)9-10-19(18)27-2/h5-10,12,14H,3-4,11,13H2,1-2H3,(H,23,25). The van der Waals surface area contributed by atoms with Crippen LogP contribution in [-0.4, -0.2) is 36.9 Å². The number of piperidine rings is 1. The fourth-order valence-electron chi connectivity index (χ4n) is 3.29. The SMILES string of the molecule is COc1ccc(Cl)cc1NC(=O)c1ccc(C(=O)N2CCCC(C)C2)cc1. The number of rotatable bonds is 4. The van der Waals surface area contributed by atoms with Crippen molar-refractivity contribution in [1.29, 1.82) is 0 Å². The zero-order valence-electron chi connectivity index (χ0n) is 15.5. The Kier molecular flexibility index (Phi) is 6.01. The molecule has 0 radical (unpaired) electrons. The summed E-state index contributed by atoms with van der Waals surface area (Å²) < 4.78 is 5.24. The molecule has 2 aromatic rings. The molecule has 1 unspecified atom stereocenters. The monoisotopic (exact) mass is 386 g/mol. The molecule has 0 saturated carbocycles. The minimum Gasteiger partial charge on any atom is -0.495 e. The molecule has 1 heterocycles. The maximum absolute atomic E-state index is 12.6. The van der Waals surface area contributed by atoms with E-state index in [1.165, 1.54) is 7.11 Å². The molecule has 0 spiro atoms. The lowest BCUT2D eigenvalue weighted by Gasteiger charge is -2.31. The second-order valence-corrected chi connectivity index (χ2v) is 7.31. The van der Waals surface area contributed by atoms with Gasteiger partial charge in [0.2, 0.25) is 0 Å². The Balaban J connectivity index is 1.70. The number of likely N-dealkylation sites (tertiary alicyclic amines) is 1. The quantitative estimate of drug-likeness (QED) is 0.843. The Morgan fingerprint density at radius 2 is 1.85 bits per heavy atom. The van der Waals surface area contributed by atoms with Gasteiger partial charge >= 0.3 is 0 Å². The van der Waals surface area contributed by atoms with Crippen molar-refractivity contribution in [1.82, 2.24) is 4.90 Å². The van der Waals surface area contributed by atoms with E-state index in [2.05, 4.69) is 12.2 Å². The van der Waals surface area contributed by atoms with Crippen molar-refractivity contribution < 1.29 is 14.3 Å². The van der Waals surface area contributed by atoms with Gasteiger partial charge in [-0.15, -0.1) is 0 Å². The van der Waals surface area contributed by atoms with Crippen molar-refractivity contribution in [3.63, 3.8) is 0 Å². The van der Waals surface area contributed by atoms with E-state index in [0.717, 1.165) is 25.9 Å². The maximum Gasteiger partial charge on any atom is 0.255 e. The Morgan fingerprint density at radius 1 is 1.15 bits per heavy atom. The number of hydrogen-bond donors (Lipinski definition) is 1. The first-order valence-corrected chi connectivity index (χ1v) is 9.40. The Hall–Kier alpha value is -2.53. The summed E-state index contributed by atoms with van der Waals surface area (Å²) >= 11 is 5.99. The molecule has 2 amide bonds. The van der Waals surface area contributed by atoms with Gasteiger partial charge in [0, 0.05) is 29.2 Å². The summed E-state index contributed by atoms with van der Waals surface area (Å²) in [5.74, 6) is 0.783. The molecule has 1 aliphatic rings. The molecule has 3 rings (SSSR count).